The Morgan fingerprint density at radius 2 is 2.04 bits per heavy atom. The van der Waals surface area contributed by atoms with Crippen LogP contribution in [0.3, 0.4) is 0 Å². The van der Waals surface area contributed by atoms with Crippen LogP contribution in [0.25, 0.3) is 11.4 Å². The van der Waals surface area contributed by atoms with Crippen LogP contribution in [0.5, 0.6) is 5.75 Å². The number of halogens is 3. The van der Waals surface area contributed by atoms with Gasteiger partial charge in [0.2, 0.25) is 11.7 Å². The Hall–Kier alpha value is -2.62. The minimum atomic E-state index is -4.57. The van der Waals surface area contributed by atoms with Gasteiger partial charge in [0, 0.05) is 18.7 Å². The highest BCUT2D eigenvalue weighted by Gasteiger charge is 2.52. The van der Waals surface area contributed by atoms with Crippen LogP contribution in [0.15, 0.2) is 28.8 Å². The van der Waals surface area contributed by atoms with E-state index in [2.05, 4.69) is 10.1 Å². The maximum absolute atomic E-state index is 13.0. The van der Waals surface area contributed by atoms with E-state index >= 15 is 0 Å². The first-order valence-electron chi connectivity index (χ1n) is 7.77. The molecule has 0 radical (unpaired) electrons. The molecule has 26 heavy (non-hydrogen) atoms. The molecular formula is C16H16F3N3O4. The maximum atomic E-state index is 13.0. The van der Waals surface area contributed by atoms with Gasteiger partial charge in [0.05, 0.1) is 25.5 Å². The first-order chi connectivity index (χ1) is 12.3. The second kappa shape index (κ2) is 6.94. The number of rotatable bonds is 5. The van der Waals surface area contributed by atoms with Crippen molar-refractivity contribution in [1.82, 2.24) is 15.0 Å². The highest BCUT2D eigenvalue weighted by atomic mass is 19.4. The van der Waals surface area contributed by atoms with Crippen LogP contribution in [-0.2, 0) is 11.3 Å². The van der Waals surface area contributed by atoms with E-state index in [0.717, 1.165) is 0 Å². The van der Waals surface area contributed by atoms with Gasteiger partial charge >= 0.3 is 12.1 Å². The van der Waals surface area contributed by atoms with E-state index in [1.807, 2.05) is 0 Å². The second-order valence-corrected chi connectivity index (χ2v) is 6.03. The number of benzene rings is 1. The summed E-state index contributed by atoms with van der Waals surface area (Å²) in [6, 6.07) is 6.89. The number of alkyl halides is 3. The summed E-state index contributed by atoms with van der Waals surface area (Å²) in [4.78, 5) is 16.6. The maximum Gasteiger partial charge on any atom is 0.393 e. The van der Waals surface area contributed by atoms with E-state index in [0.29, 0.717) is 17.1 Å². The molecule has 1 aliphatic rings. The normalized spacial score (nSPS) is 21.1. The largest absolute Gasteiger partial charge is 0.497 e. The van der Waals surface area contributed by atoms with Crippen LogP contribution in [-0.4, -0.2) is 52.5 Å². The zero-order valence-electron chi connectivity index (χ0n) is 13.7. The molecule has 10 heteroatoms. The Morgan fingerprint density at radius 1 is 1.35 bits per heavy atom. The fraction of sp³-hybridized carbons (Fsp3) is 0.438. The van der Waals surface area contributed by atoms with Gasteiger partial charge < -0.3 is 14.4 Å². The van der Waals surface area contributed by atoms with Crippen LogP contribution in [0.4, 0.5) is 13.2 Å². The summed E-state index contributed by atoms with van der Waals surface area (Å²) >= 11 is 0. The Labute approximate surface area is 146 Å². The molecule has 1 fully saturated rings. The number of likely N-dealkylation sites (tertiary alicyclic amines) is 1. The van der Waals surface area contributed by atoms with Gasteiger partial charge in [-0.15, -0.1) is 0 Å². The summed E-state index contributed by atoms with van der Waals surface area (Å²) in [5.74, 6) is -3.79. The standard InChI is InChI=1S/C16H16F3N3O4/c1-25-10-4-2-9(3-5-10)14-20-13(26-21-14)8-22-6-11(15(23)24)12(7-22)16(17,18)19/h2-5,11-12H,6-8H2,1H3,(H,23,24)/t11-,12-/m1/s1. The molecule has 0 spiro atoms. The SMILES string of the molecule is COc1ccc(-c2noc(CN3C[C@@H](C(F)(F)F)[C@H](C(=O)O)C3)n2)cc1. The lowest BCUT2D eigenvalue weighted by Crippen LogP contribution is -2.33. The molecule has 2 heterocycles. The number of hydrogen-bond acceptors (Lipinski definition) is 6. The highest BCUT2D eigenvalue weighted by molar-refractivity contribution is 5.71. The first kappa shape index (κ1) is 18.2. The van der Waals surface area contributed by atoms with Crippen molar-refractivity contribution in [2.75, 3.05) is 20.2 Å². The molecule has 1 aromatic heterocycles. The lowest BCUT2D eigenvalue weighted by atomic mass is 9.96. The lowest BCUT2D eigenvalue weighted by molar-refractivity contribution is -0.188. The first-order valence-corrected chi connectivity index (χ1v) is 7.77. The molecule has 0 unspecified atom stereocenters. The van der Waals surface area contributed by atoms with Crippen LogP contribution in [0, 0.1) is 11.8 Å². The molecule has 0 saturated carbocycles. The second-order valence-electron chi connectivity index (χ2n) is 6.03. The fourth-order valence-corrected chi connectivity index (χ4v) is 2.96. The average molecular weight is 371 g/mol. The van der Waals surface area contributed by atoms with Gasteiger partial charge in [-0.3, -0.25) is 9.69 Å². The monoisotopic (exact) mass is 371 g/mol. The number of carbonyl (C=O) groups is 1. The molecular weight excluding hydrogens is 355 g/mol. The van der Waals surface area contributed by atoms with E-state index in [9.17, 15) is 18.0 Å². The number of aliphatic carboxylic acids is 1. The zero-order valence-corrected chi connectivity index (χ0v) is 13.7. The number of aromatic nitrogens is 2. The Morgan fingerprint density at radius 3 is 2.58 bits per heavy atom. The average Bonchev–Trinajstić information content (AvgIpc) is 3.22. The molecule has 2 atom stereocenters. The molecule has 140 valence electrons. The fourth-order valence-electron chi connectivity index (χ4n) is 2.96. The minimum absolute atomic E-state index is 0.0421. The van der Waals surface area contributed by atoms with Crippen molar-refractivity contribution in [3.05, 3.63) is 30.2 Å². The molecule has 0 bridgehead atoms. The molecule has 1 saturated heterocycles. The lowest BCUT2D eigenvalue weighted by Gasteiger charge is -2.17. The Balaban J connectivity index is 1.70. The van der Waals surface area contributed by atoms with Crippen molar-refractivity contribution in [3.8, 4) is 17.1 Å². The molecule has 7 nitrogen and oxygen atoms in total. The van der Waals surface area contributed by atoms with Gasteiger partial charge in [0.1, 0.15) is 5.75 Å². The van der Waals surface area contributed by atoms with Gasteiger partial charge in [-0.1, -0.05) is 5.16 Å². The van der Waals surface area contributed by atoms with E-state index in [1.165, 1.54) is 12.0 Å². The number of hydrogen-bond donors (Lipinski definition) is 1. The summed E-state index contributed by atoms with van der Waals surface area (Å²) in [5, 5.41) is 12.9. The predicted octanol–water partition coefficient (Wildman–Crippen LogP) is 2.44. The zero-order chi connectivity index (χ0) is 18.9. The van der Waals surface area contributed by atoms with Crippen molar-refractivity contribution >= 4 is 5.97 Å². The third kappa shape index (κ3) is 3.79. The van der Waals surface area contributed by atoms with Crippen LogP contribution in [0.2, 0.25) is 0 Å². The van der Waals surface area contributed by atoms with Crippen molar-refractivity contribution in [2.24, 2.45) is 11.8 Å². The van der Waals surface area contributed by atoms with Crippen molar-refractivity contribution in [1.29, 1.82) is 0 Å². The third-order valence-electron chi connectivity index (χ3n) is 4.31. The van der Waals surface area contributed by atoms with Gasteiger partial charge in [0.15, 0.2) is 0 Å². The number of carboxylic acid groups (broad SMARTS) is 1. The van der Waals surface area contributed by atoms with Crippen LogP contribution < -0.4 is 4.74 Å². The van der Waals surface area contributed by atoms with E-state index in [1.54, 1.807) is 24.3 Å². The molecule has 0 aliphatic carbocycles. The molecule has 1 aliphatic heterocycles. The number of carboxylic acids is 1. The topological polar surface area (TPSA) is 88.7 Å². The Kier molecular flexibility index (Phi) is 4.86. The molecule has 1 N–H and O–H groups in total. The van der Waals surface area contributed by atoms with Crippen LogP contribution in [0.1, 0.15) is 5.89 Å². The number of nitrogens with zero attached hydrogens (tertiary/aromatic N) is 3. The summed E-state index contributed by atoms with van der Waals surface area (Å²) in [6.45, 7) is -0.681. The predicted molar refractivity (Wildman–Crippen MR) is 82.2 cm³/mol. The molecule has 3 rings (SSSR count). The van der Waals surface area contributed by atoms with Gasteiger partial charge in [0.25, 0.3) is 0 Å². The summed E-state index contributed by atoms with van der Waals surface area (Å²) < 4.78 is 49.2. The highest BCUT2D eigenvalue weighted by Crippen LogP contribution is 2.38. The van der Waals surface area contributed by atoms with Crippen molar-refractivity contribution in [2.45, 2.75) is 12.7 Å². The van der Waals surface area contributed by atoms with Crippen molar-refractivity contribution < 1.29 is 32.3 Å². The molecule has 2 aromatic rings. The van der Waals surface area contributed by atoms with E-state index < -0.39 is 30.5 Å². The van der Waals surface area contributed by atoms with Gasteiger partial charge in [-0.25, -0.2) is 0 Å². The van der Waals surface area contributed by atoms with Crippen molar-refractivity contribution in [3.63, 3.8) is 0 Å². The summed E-state index contributed by atoms with van der Waals surface area (Å²) in [7, 11) is 1.54. The van der Waals surface area contributed by atoms with E-state index in [4.69, 9.17) is 14.4 Å². The Bertz CT molecular complexity index is 776. The minimum Gasteiger partial charge on any atom is -0.497 e. The van der Waals surface area contributed by atoms with Gasteiger partial charge in [-0.05, 0) is 24.3 Å². The summed E-state index contributed by atoms with van der Waals surface area (Å²) in [5.41, 5.74) is 0.666. The smallest absolute Gasteiger partial charge is 0.393 e. The number of methoxy groups -OCH3 is 1. The third-order valence-corrected chi connectivity index (χ3v) is 4.31. The molecule has 1 aromatic carbocycles. The van der Waals surface area contributed by atoms with Gasteiger partial charge in [-0.2, -0.15) is 18.2 Å². The summed E-state index contributed by atoms with van der Waals surface area (Å²) in [6.07, 6.45) is -4.57. The molecule has 0 amide bonds. The van der Waals surface area contributed by atoms with Crippen LogP contribution >= 0.6 is 0 Å². The quantitative estimate of drug-likeness (QED) is 0.863. The van der Waals surface area contributed by atoms with E-state index in [-0.39, 0.29) is 19.0 Å². The number of ether oxygens (including phenoxy) is 1.